The number of anilines is 1. The molecule has 0 saturated carbocycles. The van der Waals surface area contributed by atoms with Crippen LogP contribution in [-0.2, 0) is 11.3 Å². The maximum Gasteiger partial charge on any atom is 0.251 e. The van der Waals surface area contributed by atoms with Crippen molar-refractivity contribution in [2.75, 3.05) is 5.32 Å². The summed E-state index contributed by atoms with van der Waals surface area (Å²) in [6.45, 7) is 3.92. The van der Waals surface area contributed by atoms with Crippen molar-refractivity contribution >= 4 is 28.5 Å². The van der Waals surface area contributed by atoms with Gasteiger partial charge in [-0.3, -0.25) is 9.59 Å². The number of amides is 2. The van der Waals surface area contributed by atoms with E-state index in [-0.39, 0.29) is 24.4 Å². The second kappa shape index (κ2) is 8.83. The van der Waals surface area contributed by atoms with Crippen LogP contribution in [0.25, 0.3) is 11.0 Å². The minimum Gasteiger partial charge on any atom is -0.342 e. The van der Waals surface area contributed by atoms with Crippen LogP contribution in [0.1, 0.15) is 34.7 Å². The fraction of sp³-hybridized carbons (Fsp3) is 0.160. The maximum atomic E-state index is 12.8. The van der Waals surface area contributed by atoms with E-state index in [2.05, 4.69) is 10.6 Å². The highest BCUT2D eigenvalue weighted by Gasteiger charge is 2.20. The van der Waals surface area contributed by atoms with Crippen LogP contribution in [0.4, 0.5) is 5.69 Å². The molecule has 0 spiro atoms. The number of benzene rings is 3. The number of aromatic nitrogens is 2. The minimum atomic E-state index is -0.383. The molecule has 31 heavy (non-hydrogen) atoms. The van der Waals surface area contributed by atoms with Crippen molar-refractivity contribution in [1.82, 2.24) is 14.9 Å². The van der Waals surface area contributed by atoms with Gasteiger partial charge in [-0.1, -0.05) is 48.5 Å². The van der Waals surface area contributed by atoms with E-state index < -0.39 is 0 Å². The molecule has 1 heterocycles. The molecule has 0 aliphatic heterocycles. The molecule has 2 N–H and O–H groups in total. The Labute approximate surface area is 180 Å². The summed E-state index contributed by atoms with van der Waals surface area (Å²) in [5.74, 6) is 0.293. The molecule has 6 heteroatoms. The molecule has 4 aromatic rings. The molecule has 0 bridgehead atoms. The Morgan fingerprint density at radius 3 is 2.39 bits per heavy atom. The summed E-state index contributed by atoms with van der Waals surface area (Å²) >= 11 is 0. The molecule has 0 aliphatic rings. The summed E-state index contributed by atoms with van der Waals surface area (Å²) in [4.78, 5) is 30.2. The summed E-state index contributed by atoms with van der Waals surface area (Å²) in [6, 6.07) is 24.0. The summed E-state index contributed by atoms with van der Waals surface area (Å²) in [6.07, 6.45) is 0. The number of hydrogen-bond donors (Lipinski definition) is 2. The van der Waals surface area contributed by atoms with Crippen LogP contribution >= 0.6 is 0 Å². The molecule has 4 rings (SSSR count). The zero-order valence-electron chi connectivity index (χ0n) is 17.5. The zero-order valence-corrected chi connectivity index (χ0v) is 17.5. The lowest BCUT2D eigenvalue weighted by molar-refractivity contribution is -0.116. The molecule has 6 nitrogen and oxygen atoms in total. The van der Waals surface area contributed by atoms with Gasteiger partial charge in [0.2, 0.25) is 5.91 Å². The number of hydrogen-bond acceptors (Lipinski definition) is 3. The highest BCUT2D eigenvalue weighted by Crippen LogP contribution is 2.22. The predicted octanol–water partition coefficient (Wildman–Crippen LogP) is 4.47. The zero-order chi connectivity index (χ0) is 21.8. The summed E-state index contributed by atoms with van der Waals surface area (Å²) in [5, 5.41) is 5.96. The second-order valence-corrected chi connectivity index (χ2v) is 7.47. The molecule has 0 fully saturated rings. The molecule has 3 aromatic carbocycles. The number of nitrogens with zero attached hydrogens (tertiary/aromatic N) is 2. The number of imidazole rings is 1. The van der Waals surface area contributed by atoms with E-state index in [1.54, 1.807) is 12.1 Å². The van der Waals surface area contributed by atoms with E-state index in [1.807, 2.05) is 85.1 Å². The molecular formula is C25H24N4O2. The highest BCUT2D eigenvalue weighted by atomic mass is 16.2. The quantitative estimate of drug-likeness (QED) is 0.490. The standard InChI is InChI=1S/C25H24N4O2/c1-17-10-6-7-13-20(17)27-23(30)16-29-22-15-9-8-14-21(22)28-24(29)18(2)26-25(31)19-11-4-3-5-12-19/h3-15,18H,16H2,1-2H3,(H,26,31)(H,27,30). The van der Waals surface area contributed by atoms with Crippen molar-refractivity contribution in [3.05, 3.63) is 95.8 Å². The summed E-state index contributed by atoms with van der Waals surface area (Å²) < 4.78 is 1.86. The predicted molar refractivity (Wildman–Crippen MR) is 122 cm³/mol. The van der Waals surface area contributed by atoms with E-state index >= 15 is 0 Å². The van der Waals surface area contributed by atoms with E-state index in [4.69, 9.17) is 4.98 Å². The number of carbonyl (C=O) groups is 2. The Kier molecular flexibility index (Phi) is 5.80. The first kappa shape index (κ1) is 20.3. The fourth-order valence-corrected chi connectivity index (χ4v) is 3.57. The topological polar surface area (TPSA) is 76.0 Å². The average Bonchev–Trinajstić information content (AvgIpc) is 3.14. The van der Waals surface area contributed by atoms with Crippen LogP contribution in [-0.4, -0.2) is 21.4 Å². The van der Waals surface area contributed by atoms with Gasteiger partial charge in [0.25, 0.3) is 5.91 Å². The number of carbonyl (C=O) groups excluding carboxylic acids is 2. The molecular weight excluding hydrogens is 388 g/mol. The van der Waals surface area contributed by atoms with E-state index in [1.165, 1.54) is 0 Å². The molecule has 2 amide bonds. The lowest BCUT2D eigenvalue weighted by Gasteiger charge is -2.17. The van der Waals surface area contributed by atoms with Crippen LogP contribution in [0.15, 0.2) is 78.9 Å². The SMILES string of the molecule is Cc1ccccc1NC(=O)Cn1c(C(C)NC(=O)c2ccccc2)nc2ccccc21. The minimum absolute atomic E-state index is 0.0930. The highest BCUT2D eigenvalue weighted by molar-refractivity contribution is 5.94. The average molecular weight is 412 g/mol. The molecule has 156 valence electrons. The van der Waals surface area contributed by atoms with E-state index in [0.29, 0.717) is 11.4 Å². The van der Waals surface area contributed by atoms with Crippen LogP contribution in [0, 0.1) is 6.92 Å². The van der Waals surface area contributed by atoms with Crippen molar-refractivity contribution < 1.29 is 9.59 Å². The van der Waals surface area contributed by atoms with Crippen molar-refractivity contribution in [2.24, 2.45) is 0 Å². The van der Waals surface area contributed by atoms with Gasteiger partial charge in [0.15, 0.2) is 0 Å². The van der Waals surface area contributed by atoms with Gasteiger partial charge in [-0.05, 0) is 49.7 Å². The van der Waals surface area contributed by atoms with Gasteiger partial charge in [-0.25, -0.2) is 4.98 Å². The lowest BCUT2D eigenvalue weighted by atomic mass is 10.2. The van der Waals surface area contributed by atoms with Gasteiger partial charge >= 0.3 is 0 Å². The summed E-state index contributed by atoms with van der Waals surface area (Å²) in [7, 11) is 0. The number of para-hydroxylation sites is 3. The van der Waals surface area contributed by atoms with Crippen molar-refractivity contribution in [3.63, 3.8) is 0 Å². The maximum absolute atomic E-state index is 12.8. The number of fused-ring (bicyclic) bond motifs is 1. The Balaban J connectivity index is 1.60. The second-order valence-electron chi connectivity index (χ2n) is 7.47. The Morgan fingerprint density at radius 2 is 1.61 bits per heavy atom. The van der Waals surface area contributed by atoms with Gasteiger partial charge in [0.05, 0.1) is 17.1 Å². The molecule has 0 radical (unpaired) electrons. The summed E-state index contributed by atoms with van der Waals surface area (Å²) in [5.41, 5.74) is 3.98. The molecule has 1 atom stereocenters. The van der Waals surface area contributed by atoms with Crippen molar-refractivity contribution in [2.45, 2.75) is 26.4 Å². The normalized spacial score (nSPS) is 11.8. The molecule has 0 saturated heterocycles. The third kappa shape index (κ3) is 4.48. The third-order valence-electron chi connectivity index (χ3n) is 5.18. The van der Waals surface area contributed by atoms with Crippen LogP contribution < -0.4 is 10.6 Å². The van der Waals surface area contributed by atoms with Crippen LogP contribution in [0.2, 0.25) is 0 Å². The van der Waals surface area contributed by atoms with E-state index in [0.717, 1.165) is 22.3 Å². The number of rotatable bonds is 6. The van der Waals surface area contributed by atoms with Gasteiger partial charge in [0, 0.05) is 11.3 Å². The van der Waals surface area contributed by atoms with Gasteiger partial charge in [0.1, 0.15) is 12.4 Å². The fourth-order valence-electron chi connectivity index (χ4n) is 3.57. The molecule has 0 aliphatic carbocycles. The monoisotopic (exact) mass is 412 g/mol. The Hall–Kier alpha value is -3.93. The third-order valence-corrected chi connectivity index (χ3v) is 5.18. The van der Waals surface area contributed by atoms with Crippen LogP contribution in [0.3, 0.4) is 0 Å². The Morgan fingerprint density at radius 1 is 0.935 bits per heavy atom. The number of aryl methyl sites for hydroxylation is 1. The van der Waals surface area contributed by atoms with Crippen molar-refractivity contribution in [3.8, 4) is 0 Å². The first-order valence-electron chi connectivity index (χ1n) is 10.2. The van der Waals surface area contributed by atoms with Gasteiger partial charge in [-0.2, -0.15) is 0 Å². The van der Waals surface area contributed by atoms with E-state index in [9.17, 15) is 9.59 Å². The molecule has 1 unspecified atom stereocenters. The lowest BCUT2D eigenvalue weighted by Crippen LogP contribution is -2.30. The van der Waals surface area contributed by atoms with Gasteiger partial charge in [-0.15, -0.1) is 0 Å². The smallest absolute Gasteiger partial charge is 0.251 e. The Bertz CT molecular complexity index is 1230. The van der Waals surface area contributed by atoms with Crippen molar-refractivity contribution in [1.29, 1.82) is 0 Å². The number of nitrogens with one attached hydrogen (secondary N) is 2. The first-order chi connectivity index (χ1) is 15.0. The van der Waals surface area contributed by atoms with Gasteiger partial charge < -0.3 is 15.2 Å². The largest absolute Gasteiger partial charge is 0.342 e. The molecule has 1 aromatic heterocycles. The first-order valence-corrected chi connectivity index (χ1v) is 10.2. The van der Waals surface area contributed by atoms with Crippen LogP contribution in [0.5, 0.6) is 0 Å².